The zero-order valence-corrected chi connectivity index (χ0v) is 17.7. The van der Waals surface area contributed by atoms with E-state index in [0.717, 1.165) is 30.0 Å². The monoisotopic (exact) mass is 386 g/mol. The van der Waals surface area contributed by atoms with Gasteiger partial charge in [0.2, 0.25) is 0 Å². The fourth-order valence-electron chi connectivity index (χ4n) is 3.72. The first-order valence-electron chi connectivity index (χ1n) is 10.5. The van der Waals surface area contributed by atoms with Crippen molar-refractivity contribution < 1.29 is 14.3 Å². The van der Waals surface area contributed by atoms with Gasteiger partial charge in [-0.05, 0) is 71.2 Å². The number of hydrogen-bond acceptors (Lipinski definition) is 4. The zero-order valence-electron chi connectivity index (χ0n) is 17.7. The molecule has 1 atom stereocenters. The summed E-state index contributed by atoms with van der Waals surface area (Å²) in [5, 5.41) is 0. The molecule has 0 N–H and O–H groups in total. The lowest BCUT2D eigenvalue weighted by Gasteiger charge is -2.34. The van der Waals surface area contributed by atoms with Gasteiger partial charge in [0.05, 0.1) is 5.70 Å². The Hall–Kier alpha value is -2.01. The lowest BCUT2D eigenvalue weighted by atomic mass is 9.98. The van der Waals surface area contributed by atoms with Crippen LogP contribution in [0.1, 0.15) is 52.5 Å². The van der Waals surface area contributed by atoms with Gasteiger partial charge in [0.1, 0.15) is 18.0 Å². The number of carbonyl (C=O) groups is 1. The van der Waals surface area contributed by atoms with Crippen LogP contribution in [0.4, 0.5) is 4.79 Å². The second-order valence-electron chi connectivity index (χ2n) is 8.95. The Kier molecular flexibility index (Phi) is 6.65. The van der Waals surface area contributed by atoms with Crippen molar-refractivity contribution in [1.29, 1.82) is 0 Å². The molecule has 1 saturated heterocycles. The van der Waals surface area contributed by atoms with E-state index in [1.807, 2.05) is 45.0 Å². The Morgan fingerprint density at radius 3 is 2.68 bits per heavy atom. The highest BCUT2D eigenvalue weighted by molar-refractivity contribution is 5.83. The maximum absolute atomic E-state index is 12.8. The van der Waals surface area contributed by atoms with E-state index in [0.29, 0.717) is 19.1 Å². The van der Waals surface area contributed by atoms with Gasteiger partial charge in [0.15, 0.2) is 0 Å². The van der Waals surface area contributed by atoms with E-state index in [-0.39, 0.29) is 6.09 Å². The van der Waals surface area contributed by atoms with Crippen LogP contribution >= 0.6 is 0 Å². The molecule has 0 aliphatic carbocycles. The van der Waals surface area contributed by atoms with Crippen LogP contribution in [0, 0.1) is 5.92 Å². The van der Waals surface area contributed by atoms with Crippen LogP contribution in [0.15, 0.2) is 30.3 Å². The summed E-state index contributed by atoms with van der Waals surface area (Å²) >= 11 is 0. The summed E-state index contributed by atoms with van der Waals surface area (Å²) in [6.45, 7) is 12.5. The number of nitrogens with zero attached hydrogens (tertiary/aromatic N) is 2. The number of likely N-dealkylation sites (tertiary alicyclic amines) is 1. The summed E-state index contributed by atoms with van der Waals surface area (Å²) < 4.78 is 11.6. The van der Waals surface area contributed by atoms with Crippen LogP contribution in [-0.4, -0.2) is 54.3 Å². The average molecular weight is 387 g/mol. The van der Waals surface area contributed by atoms with Gasteiger partial charge in [-0.25, -0.2) is 4.79 Å². The normalized spacial score (nSPS) is 20.8. The molecule has 28 heavy (non-hydrogen) atoms. The van der Waals surface area contributed by atoms with Gasteiger partial charge in [-0.1, -0.05) is 25.1 Å². The third-order valence-corrected chi connectivity index (χ3v) is 5.12. The van der Waals surface area contributed by atoms with Gasteiger partial charge in [-0.2, -0.15) is 0 Å². The molecule has 2 aliphatic heterocycles. The third kappa shape index (κ3) is 5.74. The third-order valence-electron chi connectivity index (χ3n) is 5.12. The molecule has 1 aromatic carbocycles. The first-order chi connectivity index (χ1) is 13.3. The number of amides is 1. The first kappa shape index (κ1) is 20.7. The van der Waals surface area contributed by atoms with E-state index in [1.165, 1.54) is 25.9 Å². The number of rotatable bonds is 5. The molecule has 0 bridgehead atoms. The van der Waals surface area contributed by atoms with Crippen molar-refractivity contribution in [3.05, 3.63) is 35.9 Å². The Labute approximate surface area is 169 Å². The predicted molar refractivity (Wildman–Crippen MR) is 112 cm³/mol. The van der Waals surface area contributed by atoms with E-state index in [2.05, 4.69) is 17.9 Å². The second kappa shape index (κ2) is 8.99. The second-order valence-corrected chi connectivity index (χ2v) is 8.95. The average Bonchev–Trinajstić information content (AvgIpc) is 3.14. The fraction of sp³-hybridized carbons (Fsp3) is 0.609. The molecular weight excluding hydrogens is 352 g/mol. The Bertz CT molecular complexity index is 702. The van der Waals surface area contributed by atoms with Gasteiger partial charge in [-0.15, -0.1) is 0 Å². The molecule has 3 rings (SSSR count). The largest absolute Gasteiger partial charge is 0.492 e. The summed E-state index contributed by atoms with van der Waals surface area (Å²) in [4.78, 5) is 17.0. The van der Waals surface area contributed by atoms with E-state index in [9.17, 15) is 4.79 Å². The van der Waals surface area contributed by atoms with Crippen molar-refractivity contribution >= 4 is 11.8 Å². The zero-order chi connectivity index (χ0) is 20.1. The minimum Gasteiger partial charge on any atom is -0.492 e. The van der Waals surface area contributed by atoms with Crippen LogP contribution < -0.4 is 4.74 Å². The Balaban J connectivity index is 1.69. The number of hydrogen-bond donors (Lipinski definition) is 0. The van der Waals surface area contributed by atoms with Gasteiger partial charge in [-0.3, -0.25) is 9.80 Å². The molecule has 5 heteroatoms. The minimum atomic E-state index is -0.511. The van der Waals surface area contributed by atoms with Crippen molar-refractivity contribution in [2.45, 2.75) is 52.6 Å². The van der Waals surface area contributed by atoms with Crippen LogP contribution in [0.5, 0.6) is 5.75 Å². The summed E-state index contributed by atoms with van der Waals surface area (Å²) in [7, 11) is 0. The molecule has 0 spiro atoms. The van der Waals surface area contributed by atoms with Gasteiger partial charge < -0.3 is 9.47 Å². The molecule has 1 fully saturated rings. The van der Waals surface area contributed by atoms with Gasteiger partial charge in [0, 0.05) is 18.7 Å². The Morgan fingerprint density at radius 2 is 1.96 bits per heavy atom. The maximum atomic E-state index is 12.8. The van der Waals surface area contributed by atoms with E-state index in [4.69, 9.17) is 9.47 Å². The van der Waals surface area contributed by atoms with Crippen LogP contribution in [0.2, 0.25) is 0 Å². The van der Waals surface area contributed by atoms with Crippen molar-refractivity contribution in [3.8, 4) is 5.75 Å². The fourth-order valence-corrected chi connectivity index (χ4v) is 3.72. The standard InChI is InChI=1S/C23H34N2O3/c1-18-10-11-21(25(17-18)22(26)28-23(2,3)4)19-8-7-9-20(16-19)27-15-14-24-12-5-6-13-24/h7-9,11,16,18H,5-6,10,12-15,17H2,1-4H3/t18-/m0/s1. The maximum Gasteiger partial charge on any atom is 0.414 e. The SMILES string of the molecule is C[C@H]1CC=C(c2cccc(OCCN3CCCC3)c2)N(C(=O)OC(C)(C)C)C1. The molecule has 2 heterocycles. The minimum absolute atomic E-state index is 0.286. The van der Waals surface area contributed by atoms with E-state index < -0.39 is 5.60 Å². The molecule has 0 saturated carbocycles. The highest BCUT2D eigenvalue weighted by Crippen LogP contribution is 2.31. The number of ether oxygens (including phenoxy) is 2. The van der Waals surface area contributed by atoms with Crippen molar-refractivity contribution in [1.82, 2.24) is 9.80 Å². The number of allylic oxidation sites excluding steroid dienone is 1. The first-order valence-corrected chi connectivity index (χ1v) is 10.5. The molecular formula is C23H34N2O3. The summed E-state index contributed by atoms with van der Waals surface area (Å²) in [5.74, 6) is 1.26. The lowest BCUT2D eigenvalue weighted by Crippen LogP contribution is -2.39. The van der Waals surface area contributed by atoms with Crippen LogP contribution in [-0.2, 0) is 4.74 Å². The number of benzene rings is 1. The van der Waals surface area contributed by atoms with Gasteiger partial charge >= 0.3 is 6.09 Å². The Morgan fingerprint density at radius 1 is 1.21 bits per heavy atom. The summed E-state index contributed by atoms with van der Waals surface area (Å²) in [6.07, 6.45) is 5.40. The molecule has 1 amide bonds. The van der Waals surface area contributed by atoms with Gasteiger partial charge in [0.25, 0.3) is 0 Å². The predicted octanol–water partition coefficient (Wildman–Crippen LogP) is 4.78. The van der Waals surface area contributed by atoms with Crippen LogP contribution in [0.25, 0.3) is 5.70 Å². The topological polar surface area (TPSA) is 42.0 Å². The van der Waals surface area contributed by atoms with E-state index >= 15 is 0 Å². The molecule has 5 nitrogen and oxygen atoms in total. The van der Waals surface area contributed by atoms with Crippen molar-refractivity contribution in [2.75, 3.05) is 32.8 Å². The summed E-state index contributed by atoms with van der Waals surface area (Å²) in [5.41, 5.74) is 1.40. The highest BCUT2D eigenvalue weighted by atomic mass is 16.6. The molecule has 0 aromatic heterocycles. The quantitative estimate of drug-likeness (QED) is 0.730. The van der Waals surface area contributed by atoms with Crippen LogP contribution in [0.3, 0.4) is 0 Å². The lowest BCUT2D eigenvalue weighted by molar-refractivity contribution is 0.0327. The van der Waals surface area contributed by atoms with E-state index in [1.54, 1.807) is 4.90 Å². The molecule has 0 unspecified atom stereocenters. The number of carbonyl (C=O) groups excluding carboxylic acids is 1. The highest BCUT2D eigenvalue weighted by Gasteiger charge is 2.29. The molecule has 2 aliphatic rings. The molecule has 1 aromatic rings. The van der Waals surface area contributed by atoms with Crippen molar-refractivity contribution in [3.63, 3.8) is 0 Å². The molecule has 0 radical (unpaired) electrons. The van der Waals surface area contributed by atoms with Crippen molar-refractivity contribution in [2.24, 2.45) is 5.92 Å². The summed E-state index contributed by atoms with van der Waals surface area (Å²) in [6, 6.07) is 8.04. The molecule has 154 valence electrons. The smallest absolute Gasteiger partial charge is 0.414 e.